The monoisotopic (exact) mass is 290 g/mol. The van der Waals surface area contributed by atoms with Gasteiger partial charge in [-0.15, -0.1) is 0 Å². The molecular weight excluding hydrogens is 260 g/mol. The predicted molar refractivity (Wildman–Crippen MR) is 88.5 cm³/mol. The van der Waals surface area contributed by atoms with E-state index in [1.54, 1.807) is 0 Å². The number of nitrogens with zero attached hydrogens (tertiary/aromatic N) is 1. The molecule has 1 aromatic carbocycles. The maximum Gasteiger partial charge on any atom is 0.0445 e. The molecule has 0 radical (unpaired) electrons. The lowest BCUT2D eigenvalue weighted by molar-refractivity contribution is 0.232. The summed E-state index contributed by atoms with van der Waals surface area (Å²) < 4.78 is 0. The zero-order valence-corrected chi connectivity index (χ0v) is 13.5. The van der Waals surface area contributed by atoms with Crippen molar-refractivity contribution in [3.8, 4) is 0 Å². The largest absolute Gasteiger partial charge is 0.396 e. The number of aliphatic hydroxyl groups excluding tert-OH is 1. The SMILES string of the molecule is CC(C)C(CCO)NC1CCN(CCc2ccccc2)C1. The van der Waals surface area contributed by atoms with Crippen LogP contribution in [0.5, 0.6) is 0 Å². The highest BCUT2D eigenvalue weighted by Gasteiger charge is 2.25. The summed E-state index contributed by atoms with van der Waals surface area (Å²) in [5.41, 5.74) is 1.43. The number of nitrogens with one attached hydrogen (secondary N) is 1. The lowest BCUT2D eigenvalue weighted by Gasteiger charge is -2.26. The summed E-state index contributed by atoms with van der Waals surface area (Å²) in [5.74, 6) is 0.579. The second-order valence-electron chi connectivity index (χ2n) is 6.55. The van der Waals surface area contributed by atoms with E-state index in [2.05, 4.69) is 54.4 Å². The van der Waals surface area contributed by atoms with Crippen LogP contribution in [0.15, 0.2) is 30.3 Å². The topological polar surface area (TPSA) is 35.5 Å². The van der Waals surface area contributed by atoms with Crippen LogP contribution in [-0.4, -0.2) is 48.3 Å². The fourth-order valence-corrected chi connectivity index (χ4v) is 3.15. The van der Waals surface area contributed by atoms with Gasteiger partial charge < -0.3 is 15.3 Å². The molecule has 2 rings (SSSR count). The van der Waals surface area contributed by atoms with Crippen molar-refractivity contribution in [3.05, 3.63) is 35.9 Å². The van der Waals surface area contributed by atoms with Gasteiger partial charge in [-0.2, -0.15) is 0 Å². The molecule has 0 saturated carbocycles. The third kappa shape index (κ3) is 5.42. The molecule has 0 bridgehead atoms. The molecule has 3 heteroatoms. The molecule has 0 amide bonds. The van der Waals surface area contributed by atoms with Crippen molar-refractivity contribution in [2.45, 2.75) is 45.2 Å². The molecule has 2 atom stereocenters. The van der Waals surface area contributed by atoms with E-state index in [1.165, 1.54) is 18.5 Å². The van der Waals surface area contributed by atoms with Gasteiger partial charge >= 0.3 is 0 Å². The van der Waals surface area contributed by atoms with Crippen molar-refractivity contribution in [3.63, 3.8) is 0 Å². The van der Waals surface area contributed by atoms with Crippen LogP contribution in [0.4, 0.5) is 0 Å². The average Bonchev–Trinajstić information content (AvgIpc) is 2.93. The van der Waals surface area contributed by atoms with Gasteiger partial charge in [-0.25, -0.2) is 0 Å². The van der Waals surface area contributed by atoms with Crippen LogP contribution in [0, 0.1) is 5.92 Å². The number of benzene rings is 1. The summed E-state index contributed by atoms with van der Waals surface area (Å²) in [6, 6.07) is 11.8. The molecule has 0 aromatic heterocycles. The first-order valence-electron chi connectivity index (χ1n) is 8.32. The molecule has 1 saturated heterocycles. The maximum atomic E-state index is 9.17. The molecule has 2 unspecified atom stereocenters. The zero-order chi connectivity index (χ0) is 15.1. The summed E-state index contributed by atoms with van der Waals surface area (Å²) in [6.07, 6.45) is 3.22. The Morgan fingerprint density at radius 3 is 2.71 bits per heavy atom. The van der Waals surface area contributed by atoms with Crippen molar-refractivity contribution in [1.82, 2.24) is 10.2 Å². The van der Waals surface area contributed by atoms with E-state index in [-0.39, 0.29) is 6.61 Å². The second-order valence-corrected chi connectivity index (χ2v) is 6.55. The first-order chi connectivity index (χ1) is 10.2. The molecule has 0 aliphatic carbocycles. The van der Waals surface area contributed by atoms with Crippen LogP contribution in [0.3, 0.4) is 0 Å². The average molecular weight is 290 g/mol. The van der Waals surface area contributed by atoms with Gasteiger partial charge in [0.05, 0.1) is 0 Å². The smallest absolute Gasteiger partial charge is 0.0445 e. The van der Waals surface area contributed by atoms with E-state index in [0.717, 1.165) is 25.9 Å². The van der Waals surface area contributed by atoms with Crippen LogP contribution >= 0.6 is 0 Å². The highest BCUT2D eigenvalue weighted by molar-refractivity contribution is 5.14. The molecule has 1 fully saturated rings. The van der Waals surface area contributed by atoms with Crippen LogP contribution in [0.25, 0.3) is 0 Å². The van der Waals surface area contributed by atoms with Gasteiger partial charge in [0, 0.05) is 31.8 Å². The number of hydrogen-bond donors (Lipinski definition) is 2. The van der Waals surface area contributed by atoms with Gasteiger partial charge in [0.25, 0.3) is 0 Å². The number of likely N-dealkylation sites (tertiary alicyclic amines) is 1. The zero-order valence-electron chi connectivity index (χ0n) is 13.5. The fraction of sp³-hybridized carbons (Fsp3) is 0.667. The quantitative estimate of drug-likeness (QED) is 0.771. The highest BCUT2D eigenvalue weighted by Crippen LogP contribution is 2.14. The molecule has 118 valence electrons. The summed E-state index contributed by atoms with van der Waals surface area (Å²) in [4.78, 5) is 2.56. The maximum absolute atomic E-state index is 9.17. The van der Waals surface area contributed by atoms with Gasteiger partial charge in [0.15, 0.2) is 0 Å². The Morgan fingerprint density at radius 2 is 2.05 bits per heavy atom. The minimum Gasteiger partial charge on any atom is -0.396 e. The molecule has 1 aromatic rings. The van der Waals surface area contributed by atoms with Gasteiger partial charge in [-0.05, 0) is 37.3 Å². The van der Waals surface area contributed by atoms with Crippen LogP contribution < -0.4 is 5.32 Å². The first-order valence-corrected chi connectivity index (χ1v) is 8.32. The molecule has 2 N–H and O–H groups in total. The van der Waals surface area contributed by atoms with E-state index in [9.17, 15) is 5.11 Å². The number of rotatable bonds is 8. The number of aliphatic hydroxyl groups is 1. The second kappa shape index (κ2) is 8.52. The van der Waals surface area contributed by atoms with E-state index in [1.807, 2.05) is 0 Å². The van der Waals surface area contributed by atoms with Gasteiger partial charge in [0.2, 0.25) is 0 Å². The standard InChI is InChI=1S/C18H30N2O/c1-15(2)18(10-13-21)19-17-9-12-20(14-17)11-8-16-6-4-3-5-7-16/h3-7,15,17-19,21H,8-14H2,1-2H3. The Kier molecular flexibility index (Phi) is 6.68. The van der Waals surface area contributed by atoms with Crippen molar-refractivity contribution in [2.75, 3.05) is 26.2 Å². The summed E-state index contributed by atoms with van der Waals surface area (Å²) in [5, 5.41) is 12.9. The predicted octanol–water partition coefficient (Wildman–Crippen LogP) is 2.30. The molecule has 0 spiro atoms. The van der Waals surface area contributed by atoms with E-state index >= 15 is 0 Å². The minimum atomic E-state index is 0.278. The van der Waals surface area contributed by atoms with E-state index in [0.29, 0.717) is 18.0 Å². The molecule has 3 nitrogen and oxygen atoms in total. The molecule has 1 aliphatic heterocycles. The van der Waals surface area contributed by atoms with Crippen molar-refractivity contribution in [2.24, 2.45) is 5.92 Å². The Hall–Kier alpha value is -0.900. The van der Waals surface area contributed by atoms with Crippen LogP contribution in [-0.2, 0) is 6.42 Å². The van der Waals surface area contributed by atoms with Crippen LogP contribution in [0.1, 0.15) is 32.3 Å². The van der Waals surface area contributed by atoms with Gasteiger partial charge in [0.1, 0.15) is 0 Å². The normalized spacial score (nSPS) is 21.0. The Morgan fingerprint density at radius 1 is 1.29 bits per heavy atom. The van der Waals surface area contributed by atoms with E-state index in [4.69, 9.17) is 0 Å². The summed E-state index contributed by atoms with van der Waals surface area (Å²) in [7, 11) is 0. The highest BCUT2D eigenvalue weighted by atomic mass is 16.3. The van der Waals surface area contributed by atoms with Crippen LogP contribution in [0.2, 0.25) is 0 Å². The Labute approximate surface area is 129 Å². The first kappa shape index (κ1) is 16.5. The lowest BCUT2D eigenvalue weighted by atomic mass is 10.00. The third-order valence-corrected chi connectivity index (χ3v) is 4.53. The van der Waals surface area contributed by atoms with Crippen molar-refractivity contribution in [1.29, 1.82) is 0 Å². The molecular formula is C18H30N2O. The third-order valence-electron chi connectivity index (χ3n) is 4.53. The minimum absolute atomic E-state index is 0.278. The molecule has 1 heterocycles. The Balaban J connectivity index is 1.73. The fourth-order valence-electron chi connectivity index (χ4n) is 3.15. The van der Waals surface area contributed by atoms with Crippen molar-refractivity contribution >= 4 is 0 Å². The number of hydrogen-bond acceptors (Lipinski definition) is 3. The van der Waals surface area contributed by atoms with Gasteiger partial charge in [-0.1, -0.05) is 44.2 Å². The summed E-state index contributed by atoms with van der Waals surface area (Å²) in [6.45, 7) is 8.22. The van der Waals surface area contributed by atoms with Gasteiger partial charge in [-0.3, -0.25) is 0 Å². The lowest BCUT2D eigenvalue weighted by Crippen LogP contribution is -2.43. The molecule has 1 aliphatic rings. The molecule has 21 heavy (non-hydrogen) atoms. The summed E-state index contributed by atoms with van der Waals surface area (Å²) >= 11 is 0. The Bertz CT molecular complexity index is 393. The van der Waals surface area contributed by atoms with Crippen molar-refractivity contribution < 1.29 is 5.11 Å². The van der Waals surface area contributed by atoms with E-state index < -0.39 is 0 Å².